The summed E-state index contributed by atoms with van der Waals surface area (Å²) in [5, 5.41) is 4.26. The molecular formula is C20H15N3O3S. The molecule has 7 heteroatoms. The van der Waals surface area contributed by atoms with E-state index < -0.39 is 5.56 Å². The van der Waals surface area contributed by atoms with Gasteiger partial charge >= 0.3 is 0 Å². The van der Waals surface area contributed by atoms with Gasteiger partial charge in [-0.15, -0.1) is 0 Å². The SMILES string of the molecule is COc1ccc(C=c2sc3nc(=O)c(Cc4ccccc4)nn3c2=O)cc1. The molecule has 0 amide bonds. The van der Waals surface area contributed by atoms with Crippen molar-refractivity contribution in [3.05, 3.63) is 96.7 Å². The molecule has 27 heavy (non-hydrogen) atoms. The highest BCUT2D eigenvalue weighted by Crippen LogP contribution is 2.11. The van der Waals surface area contributed by atoms with E-state index in [1.807, 2.05) is 54.6 Å². The average molecular weight is 377 g/mol. The van der Waals surface area contributed by atoms with Crippen molar-refractivity contribution in [2.24, 2.45) is 0 Å². The van der Waals surface area contributed by atoms with Crippen molar-refractivity contribution in [2.75, 3.05) is 7.11 Å². The number of thiazole rings is 1. The third-order valence-corrected chi connectivity index (χ3v) is 5.04. The molecule has 2 aromatic carbocycles. The van der Waals surface area contributed by atoms with Crippen LogP contribution in [-0.2, 0) is 6.42 Å². The lowest BCUT2D eigenvalue weighted by Gasteiger charge is -1.99. The minimum absolute atomic E-state index is 0.254. The number of hydrogen-bond donors (Lipinski definition) is 0. The summed E-state index contributed by atoms with van der Waals surface area (Å²) in [4.78, 5) is 29.3. The second-order valence-corrected chi connectivity index (χ2v) is 6.92. The van der Waals surface area contributed by atoms with Crippen molar-refractivity contribution in [1.82, 2.24) is 14.6 Å². The summed E-state index contributed by atoms with van der Waals surface area (Å²) in [5.41, 5.74) is 1.36. The van der Waals surface area contributed by atoms with Crippen LogP contribution in [0.1, 0.15) is 16.8 Å². The molecule has 0 N–H and O–H groups in total. The minimum atomic E-state index is -0.406. The molecule has 0 aliphatic heterocycles. The Bertz CT molecular complexity index is 1260. The lowest BCUT2D eigenvalue weighted by molar-refractivity contribution is 0.415. The van der Waals surface area contributed by atoms with E-state index in [1.54, 1.807) is 13.2 Å². The molecule has 0 aliphatic carbocycles. The number of fused-ring (bicyclic) bond motifs is 1. The Morgan fingerprint density at radius 2 is 1.81 bits per heavy atom. The summed E-state index contributed by atoms with van der Waals surface area (Å²) in [6, 6.07) is 16.9. The van der Waals surface area contributed by atoms with Crippen molar-refractivity contribution in [3.8, 4) is 5.75 Å². The Morgan fingerprint density at radius 3 is 2.52 bits per heavy atom. The molecule has 4 aromatic rings. The monoisotopic (exact) mass is 377 g/mol. The van der Waals surface area contributed by atoms with Gasteiger partial charge in [-0.2, -0.15) is 14.6 Å². The maximum absolute atomic E-state index is 12.7. The topological polar surface area (TPSA) is 73.6 Å². The molecule has 0 bridgehead atoms. The van der Waals surface area contributed by atoms with E-state index in [-0.39, 0.29) is 11.3 Å². The van der Waals surface area contributed by atoms with E-state index in [9.17, 15) is 9.59 Å². The number of hydrogen-bond acceptors (Lipinski definition) is 6. The zero-order valence-electron chi connectivity index (χ0n) is 14.5. The third-order valence-electron chi connectivity index (χ3n) is 4.08. The van der Waals surface area contributed by atoms with E-state index in [0.29, 0.717) is 15.9 Å². The summed E-state index contributed by atoms with van der Waals surface area (Å²) < 4.78 is 6.81. The fourth-order valence-corrected chi connectivity index (χ4v) is 3.60. The first-order chi connectivity index (χ1) is 13.1. The number of nitrogens with zero attached hydrogens (tertiary/aromatic N) is 3. The molecule has 0 fully saturated rings. The van der Waals surface area contributed by atoms with Crippen molar-refractivity contribution in [1.29, 1.82) is 0 Å². The zero-order valence-corrected chi connectivity index (χ0v) is 15.3. The van der Waals surface area contributed by atoms with Gasteiger partial charge in [0.2, 0.25) is 4.96 Å². The summed E-state index contributed by atoms with van der Waals surface area (Å²) in [6.45, 7) is 0. The van der Waals surface area contributed by atoms with Crippen LogP contribution in [0.2, 0.25) is 0 Å². The molecule has 134 valence electrons. The Balaban J connectivity index is 1.78. The smallest absolute Gasteiger partial charge is 0.296 e. The Labute approximate surface area is 158 Å². The predicted octanol–water partition coefficient (Wildman–Crippen LogP) is 1.66. The first-order valence-corrected chi connectivity index (χ1v) is 9.08. The second-order valence-electron chi connectivity index (χ2n) is 5.91. The molecule has 0 saturated carbocycles. The fourth-order valence-electron chi connectivity index (χ4n) is 2.69. The molecule has 0 atom stereocenters. The molecule has 0 aliphatic rings. The normalized spacial score (nSPS) is 11.8. The number of aromatic nitrogens is 3. The summed E-state index contributed by atoms with van der Waals surface area (Å²) >= 11 is 1.15. The maximum atomic E-state index is 12.7. The number of methoxy groups -OCH3 is 1. The predicted molar refractivity (Wildman–Crippen MR) is 104 cm³/mol. The van der Waals surface area contributed by atoms with Crippen LogP contribution in [0.25, 0.3) is 11.0 Å². The van der Waals surface area contributed by atoms with Gasteiger partial charge in [0.05, 0.1) is 11.6 Å². The second kappa shape index (κ2) is 7.13. The zero-order chi connectivity index (χ0) is 18.8. The highest BCUT2D eigenvalue weighted by atomic mass is 32.1. The van der Waals surface area contributed by atoms with Crippen molar-refractivity contribution >= 4 is 22.4 Å². The maximum Gasteiger partial charge on any atom is 0.296 e. The van der Waals surface area contributed by atoms with Gasteiger partial charge in [-0.05, 0) is 29.3 Å². The van der Waals surface area contributed by atoms with Gasteiger partial charge in [0.25, 0.3) is 11.1 Å². The molecular weight excluding hydrogens is 362 g/mol. The van der Waals surface area contributed by atoms with Crippen LogP contribution in [0.4, 0.5) is 0 Å². The van der Waals surface area contributed by atoms with Crippen LogP contribution >= 0.6 is 11.3 Å². The van der Waals surface area contributed by atoms with Gasteiger partial charge in [0.15, 0.2) is 0 Å². The van der Waals surface area contributed by atoms with Crippen molar-refractivity contribution < 1.29 is 4.74 Å². The van der Waals surface area contributed by atoms with Crippen molar-refractivity contribution in [3.63, 3.8) is 0 Å². The number of rotatable bonds is 4. The van der Waals surface area contributed by atoms with Gasteiger partial charge in [-0.3, -0.25) is 9.59 Å². The lowest BCUT2D eigenvalue weighted by atomic mass is 10.1. The van der Waals surface area contributed by atoms with E-state index >= 15 is 0 Å². The molecule has 0 unspecified atom stereocenters. The molecule has 2 aromatic heterocycles. The molecule has 4 rings (SSSR count). The summed E-state index contributed by atoms with van der Waals surface area (Å²) in [5.74, 6) is 0.741. The van der Waals surface area contributed by atoms with E-state index in [4.69, 9.17) is 4.74 Å². The van der Waals surface area contributed by atoms with Gasteiger partial charge in [-0.25, -0.2) is 0 Å². The highest BCUT2D eigenvalue weighted by Gasteiger charge is 2.11. The van der Waals surface area contributed by atoms with E-state index in [2.05, 4.69) is 10.1 Å². The molecule has 0 spiro atoms. The lowest BCUT2D eigenvalue weighted by Crippen LogP contribution is -2.28. The molecule has 0 saturated heterocycles. The average Bonchev–Trinajstić information content (AvgIpc) is 2.98. The quantitative estimate of drug-likeness (QED) is 0.541. The first-order valence-electron chi connectivity index (χ1n) is 8.26. The Kier molecular flexibility index (Phi) is 4.52. The number of benzene rings is 2. The van der Waals surface area contributed by atoms with E-state index in [0.717, 1.165) is 28.2 Å². The molecule has 6 nitrogen and oxygen atoms in total. The summed E-state index contributed by atoms with van der Waals surface area (Å²) in [6.07, 6.45) is 2.09. The largest absolute Gasteiger partial charge is 0.497 e. The van der Waals surface area contributed by atoms with Crippen LogP contribution in [0, 0.1) is 0 Å². The molecule has 2 heterocycles. The molecule has 0 radical (unpaired) electrons. The summed E-state index contributed by atoms with van der Waals surface area (Å²) in [7, 11) is 1.60. The van der Waals surface area contributed by atoms with Gasteiger partial charge < -0.3 is 4.74 Å². The first kappa shape index (κ1) is 17.1. The van der Waals surface area contributed by atoms with Gasteiger partial charge in [0.1, 0.15) is 11.4 Å². The third kappa shape index (κ3) is 3.50. The Morgan fingerprint density at radius 1 is 1.07 bits per heavy atom. The van der Waals surface area contributed by atoms with Gasteiger partial charge in [0, 0.05) is 6.42 Å². The fraction of sp³-hybridized carbons (Fsp3) is 0.100. The van der Waals surface area contributed by atoms with Crippen LogP contribution in [0.3, 0.4) is 0 Å². The van der Waals surface area contributed by atoms with Gasteiger partial charge in [-0.1, -0.05) is 53.8 Å². The minimum Gasteiger partial charge on any atom is -0.497 e. The Hall–Kier alpha value is -3.32. The van der Waals surface area contributed by atoms with E-state index in [1.165, 1.54) is 4.52 Å². The van der Waals surface area contributed by atoms with Crippen LogP contribution in [0.5, 0.6) is 5.75 Å². The van der Waals surface area contributed by atoms with Crippen molar-refractivity contribution in [2.45, 2.75) is 6.42 Å². The van der Waals surface area contributed by atoms with Crippen LogP contribution in [-0.4, -0.2) is 21.7 Å². The van der Waals surface area contributed by atoms with Crippen LogP contribution in [0.15, 0.2) is 64.2 Å². The standard InChI is InChI=1S/C20H15N3O3S/c1-26-15-9-7-14(8-10-15)12-17-19(25)23-20(27-17)21-18(24)16(22-23)11-13-5-3-2-4-6-13/h2-10,12H,11H2,1H3. The highest BCUT2D eigenvalue weighted by molar-refractivity contribution is 7.15. The number of ether oxygens (including phenoxy) is 1. The van der Waals surface area contributed by atoms with Crippen LogP contribution < -0.4 is 20.4 Å².